The first kappa shape index (κ1) is 26.1. The third kappa shape index (κ3) is 3.53. The molecule has 0 aromatic rings. The highest BCUT2D eigenvalue weighted by molar-refractivity contribution is 5.86. The Morgan fingerprint density at radius 1 is 1.09 bits per heavy atom. The van der Waals surface area contributed by atoms with Crippen LogP contribution in [0.5, 0.6) is 0 Å². The zero-order valence-electron chi connectivity index (χ0n) is 22.6. The molecular formula is C30H48O4. The second-order valence-electron chi connectivity index (χ2n) is 13.8. The molecule has 4 heteroatoms. The van der Waals surface area contributed by atoms with E-state index in [4.69, 9.17) is 0 Å². The van der Waals surface area contributed by atoms with E-state index in [-0.39, 0.29) is 21.7 Å². The summed E-state index contributed by atoms with van der Waals surface area (Å²) in [6.07, 6.45) is 11.6. The fourth-order valence-corrected chi connectivity index (χ4v) is 8.80. The van der Waals surface area contributed by atoms with Gasteiger partial charge in [-0.1, -0.05) is 53.7 Å². The Morgan fingerprint density at radius 3 is 2.41 bits per heavy atom. The van der Waals surface area contributed by atoms with Crippen LogP contribution in [0.1, 0.15) is 99.8 Å². The van der Waals surface area contributed by atoms with Gasteiger partial charge in [0.1, 0.15) is 11.4 Å². The zero-order valence-corrected chi connectivity index (χ0v) is 22.6. The summed E-state index contributed by atoms with van der Waals surface area (Å²) in [5, 5.41) is 30.0. The summed E-state index contributed by atoms with van der Waals surface area (Å²) in [7, 11) is 0. The van der Waals surface area contributed by atoms with Crippen LogP contribution in [0, 0.1) is 39.4 Å². The first-order chi connectivity index (χ1) is 15.6. The highest BCUT2D eigenvalue weighted by Gasteiger charge is 2.63. The number of carbonyl (C=O) groups is 1. The van der Waals surface area contributed by atoms with Crippen molar-refractivity contribution in [3.05, 3.63) is 23.3 Å². The van der Waals surface area contributed by atoms with Crippen LogP contribution in [-0.2, 0) is 4.79 Å². The highest BCUT2D eigenvalue weighted by Crippen LogP contribution is 2.71. The maximum atomic E-state index is 12.8. The summed E-state index contributed by atoms with van der Waals surface area (Å²) in [6, 6.07) is 0. The molecule has 34 heavy (non-hydrogen) atoms. The molecule has 0 radical (unpaired) electrons. The van der Waals surface area contributed by atoms with Crippen molar-refractivity contribution in [3.63, 3.8) is 0 Å². The van der Waals surface area contributed by atoms with E-state index >= 15 is 0 Å². The fraction of sp³-hybridized carbons (Fsp3) is 0.833. The molecule has 0 heterocycles. The summed E-state index contributed by atoms with van der Waals surface area (Å²) in [6.45, 7) is 15.1. The molecule has 3 N–H and O–H groups in total. The number of ketones is 1. The number of allylic oxidation sites excluding steroid dienone is 4. The smallest absolute Gasteiger partial charge is 0.138 e. The lowest BCUT2D eigenvalue weighted by Crippen LogP contribution is -2.53. The molecule has 8 atom stereocenters. The van der Waals surface area contributed by atoms with E-state index in [2.05, 4.69) is 53.7 Å². The van der Waals surface area contributed by atoms with Crippen molar-refractivity contribution < 1.29 is 20.1 Å². The molecule has 0 aromatic carbocycles. The number of aliphatic hydroxyl groups is 3. The van der Waals surface area contributed by atoms with Gasteiger partial charge in [-0.25, -0.2) is 0 Å². The molecule has 4 nitrogen and oxygen atoms in total. The second kappa shape index (κ2) is 8.28. The predicted molar refractivity (Wildman–Crippen MR) is 136 cm³/mol. The fourth-order valence-electron chi connectivity index (χ4n) is 8.80. The number of hydrogen-bond acceptors (Lipinski definition) is 4. The molecule has 4 rings (SSSR count). The van der Waals surface area contributed by atoms with Crippen molar-refractivity contribution in [2.75, 3.05) is 6.61 Å². The van der Waals surface area contributed by atoms with E-state index in [1.54, 1.807) is 5.57 Å². The van der Waals surface area contributed by atoms with Crippen LogP contribution in [0.15, 0.2) is 23.3 Å². The second-order valence-corrected chi connectivity index (χ2v) is 13.8. The summed E-state index contributed by atoms with van der Waals surface area (Å²) in [4.78, 5) is 12.8. The maximum absolute atomic E-state index is 12.8. The summed E-state index contributed by atoms with van der Waals surface area (Å²) >= 11 is 0. The van der Waals surface area contributed by atoms with E-state index in [0.29, 0.717) is 36.4 Å². The number of aliphatic hydroxyl groups excluding tert-OH is 2. The third-order valence-electron chi connectivity index (χ3n) is 11.7. The van der Waals surface area contributed by atoms with Crippen molar-refractivity contribution in [3.8, 4) is 0 Å². The van der Waals surface area contributed by atoms with Gasteiger partial charge in [0, 0.05) is 11.8 Å². The number of Topliss-reactive ketones (excluding diaryl/α,β-unsaturated/α-hetero) is 1. The van der Waals surface area contributed by atoms with Gasteiger partial charge in [0.2, 0.25) is 0 Å². The van der Waals surface area contributed by atoms with Crippen molar-refractivity contribution in [2.45, 2.75) is 112 Å². The first-order valence-electron chi connectivity index (χ1n) is 13.6. The quantitative estimate of drug-likeness (QED) is 0.470. The van der Waals surface area contributed by atoms with E-state index in [9.17, 15) is 20.1 Å². The molecule has 2 saturated carbocycles. The molecule has 192 valence electrons. The molecule has 0 aliphatic heterocycles. The van der Waals surface area contributed by atoms with Crippen LogP contribution in [0.4, 0.5) is 0 Å². The molecule has 2 unspecified atom stereocenters. The van der Waals surface area contributed by atoms with Crippen molar-refractivity contribution >= 4 is 5.78 Å². The Morgan fingerprint density at radius 2 is 1.76 bits per heavy atom. The van der Waals surface area contributed by atoms with Gasteiger partial charge in [-0.05, 0) is 97.0 Å². The predicted octanol–water partition coefficient (Wildman–Crippen LogP) is 5.60. The van der Waals surface area contributed by atoms with E-state index in [1.807, 2.05) is 0 Å². The largest absolute Gasteiger partial charge is 0.393 e. The molecule has 0 saturated heterocycles. The van der Waals surface area contributed by atoms with Gasteiger partial charge < -0.3 is 15.3 Å². The summed E-state index contributed by atoms with van der Waals surface area (Å²) in [5.41, 5.74) is 1.76. The number of carbonyl (C=O) groups excluding carboxylic acids is 1. The topological polar surface area (TPSA) is 77.8 Å². The van der Waals surface area contributed by atoms with Gasteiger partial charge in [0.15, 0.2) is 0 Å². The van der Waals surface area contributed by atoms with Gasteiger partial charge in [0.05, 0.1) is 12.7 Å². The minimum atomic E-state index is -1.44. The lowest BCUT2D eigenvalue weighted by Gasteiger charge is -2.59. The lowest BCUT2D eigenvalue weighted by molar-refractivity contribution is -0.138. The average molecular weight is 473 g/mol. The minimum absolute atomic E-state index is 0.0789. The molecule has 0 amide bonds. The molecule has 0 bridgehead atoms. The van der Waals surface area contributed by atoms with Crippen molar-refractivity contribution in [2.24, 2.45) is 39.4 Å². The van der Waals surface area contributed by atoms with Crippen LogP contribution in [0.3, 0.4) is 0 Å². The van der Waals surface area contributed by atoms with E-state index in [0.717, 1.165) is 25.7 Å². The standard InChI is InChI=1S/C30H48O4/c1-19(8-11-25(33)30(7,34)18-31)20-12-16-29(6)22-9-10-23-26(2,3)24(32)14-15-27(23,4)21(22)13-17-28(20,29)5/h9,13,19-20,23,25,31,33-34H,8,10-12,14-18H2,1-7H3/t19-,20?,23+,25+,27-,28-,29+,30?/m1/s1. The van der Waals surface area contributed by atoms with Crippen molar-refractivity contribution in [1.29, 1.82) is 0 Å². The molecule has 0 spiro atoms. The Kier molecular flexibility index (Phi) is 6.36. The number of rotatable bonds is 6. The molecule has 4 aliphatic rings. The van der Waals surface area contributed by atoms with Crippen LogP contribution < -0.4 is 0 Å². The Balaban J connectivity index is 1.60. The van der Waals surface area contributed by atoms with Gasteiger partial charge in [0.25, 0.3) is 0 Å². The van der Waals surface area contributed by atoms with Gasteiger partial charge in [-0.3, -0.25) is 4.79 Å². The third-order valence-corrected chi connectivity index (χ3v) is 11.7. The van der Waals surface area contributed by atoms with E-state index < -0.39 is 18.3 Å². The van der Waals surface area contributed by atoms with Crippen LogP contribution in [0.2, 0.25) is 0 Å². The van der Waals surface area contributed by atoms with Gasteiger partial charge in [-0.2, -0.15) is 0 Å². The zero-order chi connectivity index (χ0) is 25.3. The summed E-state index contributed by atoms with van der Waals surface area (Å²) < 4.78 is 0. The van der Waals surface area contributed by atoms with Gasteiger partial charge in [-0.15, -0.1) is 0 Å². The average Bonchev–Trinajstić information content (AvgIpc) is 3.06. The molecule has 0 aromatic heterocycles. The SMILES string of the molecule is C[C@H](CC[C@H](O)C(C)(O)CO)C1CC[C@@]2(C)C3=CC[C@H]4C(C)(C)C(=O)CC[C@]4(C)C3=CC[C@]12C. The Labute approximate surface area is 206 Å². The normalized spacial score (nSPS) is 42.5. The van der Waals surface area contributed by atoms with Crippen molar-refractivity contribution in [1.82, 2.24) is 0 Å². The number of fused-ring (bicyclic) bond motifs is 5. The highest BCUT2D eigenvalue weighted by atomic mass is 16.4. The minimum Gasteiger partial charge on any atom is -0.393 e. The van der Waals surface area contributed by atoms with Gasteiger partial charge >= 0.3 is 0 Å². The first-order valence-corrected chi connectivity index (χ1v) is 13.6. The maximum Gasteiger partial charge on any atom is 0.138 e. The molecular weight excluding hydrogens is 424 g/mol. The van der Waals surface area contributed by atoms with Crippen LogP contribution >= 0.6 is 0 Å². The van der Waals surface area contributed by atoms with Crippen LogP contribution in [0.25, 0.3) is 0 Å². The molecule has 2 fully saturated rings. The monoisotopic (exact) mass is 472 g/mol. The lowest BCUT2D eigenvalue weighted by atomic mass is 9.44. The Bertz CT molecular complexity index is 897. The summed E-state index contributed by atoms with van der Waals surface area (Å²) in [5.74, 6) is 1.79. The molecule has 4 aliphatic carbocycles. The van der Waals surface area contributed by atoms with E-state index in [1.165, 1.54) is 25.3 Å². The van der Waals surface area contributed by atoms with Crippen LogP contribution in [-0.4, -0.2) is 39.4 Å². The number of hydrogen-bond donors (Lipinski definition) is 3. The Hall–Kier alpha value is -0.970.